The summed E-state index contributed by atoms with van der Waals surface area (Å²) in [6, 6.07) is 8.67. The van der Waals surface area contributed by atoms with Crippen LogP contribution in [0.1, 0.15) is 46.5 Å². The molecule has 3 N–H and O–H groups in total. The third-order valence-electron chi connectivity index (χ3n) is 4.14. The summed E-state index contributed by atoms with van der Waals surface area (Å²) in [7, 11) is 0. The van der Waals surface area contributed by atoms with Crippen LogP contribution in [-0.2, 0) is 12.8 Å². The molecule has 5 nitrogen and oxygen atoms in total. The van der Waals surface area contributed by atoms with Crippen molar-refractivity contribution in [3.8, 4) is 0 Å². The van der Waals surface area contributed by atoms with E-state index in [1.807, 2.05) is 18.2 Å². The predicted molar refractivity (Wildman–Crippen MR) is 96.2 cm³/mol. The highest BCUT2D eigenvalue weighted by Crippen LogP contribution is 2.37. The maximum Gasteiger partial charge on any atom is 0.339 e. The second-order valence-electron chi connectivity index (χ2n) is 5.87. The molecule has 0 unspecified atom stereocenters. The Kier molecular flexibility index (Phi) is 5.15. The number of carboxylic acids is 1. The largest absolute Gasteiger partial charge is 0.478 e. The van der Waals surface area contributed by atoms with E-state index in [1.54, 1.807) is 12.1 Å². The summed E-state index contributed by atoms with van der Waals surface area (Å²) in [6.45, 7) is 0. The summed E-state index contributed by atoms with van der Waals surface area (Å²) in [6.07, 6.45) is 6.04. The number of carboxylic acid groups (broad SMARTS) is 1. The lowest BCUT2D eigenvalue weighted by molar-refractivity contribution is 0.0697. The number of urea groups is 1. The Hall–Kier alpha value is -2.34. The average molecular weight is 344 g/mol. The Balaban J connectivity index is 1.83. The van der Waals surface area contributed by atoms with Crippen molar-refractivity contribution < 1.29 is 14.7 Å². The first kappa shape index (κ1) is 16.5. The molecule has 126 valence electrons. The Bertz CT molecular complexity index is 740. The number of nitrogens with one attached hydrogen (secondary N) is 2. The molecule has 0 atom stereocenters. The van der Waals surface area contributed by atoms with Crippen LogP contribution < -0.4 is 10.6 Å². The molecule has 0 fully saturated rings. The van der Waals surface area contributed by atoms with Crippen molar-refractivity contribution in [2.24, 2.45) is 0 Å². The third-order valence-corrected chi connectivity index (χ3v) is 5.35. The van der Waals surface area contributed by atoms with Gasteiger partial charge in [-0.25, -0.2) is 9.59 Å². The minimum atomic E-state index is -0.969. The minimum absolute atomic E-state index is 0.264. The number of carbonyl (C=O) groups is 2. The fourth-order valence-corrected chi connectivity index (χ4v) is 4.30. The molecule has 1 aliphatic rings. The van der Waals surface area contributed by atoms with E-state index in [2.05, 4.69) is 10.6 Å². The highest BCUT2D eigenvalue weighted by molar-refractivity contribution is 7.17. The molecular formula is C18H20N2O3S. The lowest BCUT2D eigenvalue weighted by Gasteiger charge is -2.10. The number of hydrogen-bond donors (Lipinski definition) is 3. The number of rotatable bonds is 3. The van der Waals surface area contributed by atoms with Crippen LogP contribution in [0.2, 0.25) is 0 Å². The molecule has 6 heteroatoms. The van der Waals surface area contributed by atoms with E-state index in [1.165, 1.54) is 17.8 Å². The number of anilines is 2. The summed E-state index contributed by atoms with van der Waals surface area (Å²) in [5, 5.41) is 15.5. The van der Waals surface area contributed by atoms with E-state index >= 15 is 0 Å². The molecule has 3 rings (SSSR count). The van der Waals surface area contributed by atoms with Gasteiger partial charge in [-0.15, -0.1) is 11.3 Å². The van der Waals surface area contributed by atoms with Gasteiger partial charge >= 0.3 is 12.0 Å². The van der Waals surface area contributed by atoms with Gasteiger partial charge in [-0.1, -0.05) is 31.0 Å². The summed E-state index contributed by atoms with van der Waals surface area (Å²) in [4.78, 5) is 25.0. The fourth-order valence-electron chi connectivity index (χ4n) is 3.02. The molecule has 24 heavy (non-hydrogen) atoms. The van der Waals surface area contributed by atoms with Crippen molar-refractivity contribution >= 4 is 34.0 Å². The molecule has 0 saturated heterocycles. The van der Waals surface area contributed by atoms with Crippen molar-refractivity contribution in [1.29, 1.82) is 0 Å². The first-order chi connectivity index (χ1) is 11.6. The normalized spacial score (nSPS) is 14.2. The number of aromatic carboxylic acids is 1. The van der Waals surface area contributed by atoms with Gasteiger partial charge in [-0.05, 0) is 43.4 Å². The van der Waals surface area contributed by atoms with Gasteiger partial charge in [-0.2, -0.15) is 0 Å². The van der Waals surface area contributed by atoms with Crippen molar-refractivity contribution in [3.63, 3.8) is 0 Å². The SMILES string of the molecule is O=C(Nc1ccccc1)Nc1sc2c(c1C(=O)O)CCCCCC2. The number of para-hydroxylation sites is 1. The lowest BCUT2D eigenvalue weighted by atomic mass is 9.96. The average Bonchev–Trinajstić information content (AvgIpc) is 2.85. The van der Waals surface area contributed by atoms with Gasteiger partial charge in [-0.3, -0.25) is 5.32 Å². The topological polar surface area (TPSA) is 78.4 Å². The number of benzene rings is 1. The van der Waals surface area contributed by atoms with E-state index in [9.17, 15) is 14.7 Å². The Labute approximate surface area is 144 Å². The fraction of sp³-hybridized carbons (Fsp3) is 0.333. The van der Waals surface area contributed by atoms with Crippen LogP contribution in [0.25, 0.3) is 0 Å². The van der Waals surface area contributed by atoms with E-state index in [0.29, 0.717) is 10.7 Å². The molecule has 1 aromatic carbocycles. The van der Waals surface area contributed by atoms with Gasteiger partial charge in [0, 0.05) is 10.6 Å². The van der Waals surface area contributed by atoms with Crippen LogP contribution in [0, 0.1) is 0 Å². The molecule has 2 amide bonds. The second kappa shape index (κ2) is 7.49. The van der Waals surface area contributed by atoms with Gasteiger partial charge in [0.15, 0.2) is 0 Å². The van der Waals surface area contributed by atoms with Crippen molar-refractivity contribution in [1.82, 2.24) is 0 Å². The molecule has 1 aromatic heterocycles. The van der Waals surface area contributed by atoms with Gasteiger partial charge in [0.2, 0.25) is 0 Å². The predicted octanol–water partition coefficient (Wildman–Crippen LogP) is 4.75. The lowest BCUT2D eigenvalue weighted by Crippen LogP contribution is -2.20. The second-order valence-corrected chi connectivity index (χ2v) is 6.98. The Morgan fingerprint density at radius 3 is 2.38 bits per heavy atom. The highest BCUT2D eigenvalue weighted by Gasteiger charge is 2.24. The van der Waals surface area contributed by atoms with Crippen LogP contribution in [0.3, 0.4) is 0 Å². The molecular weight excluding hydrogens is 324 g/mol. The molecule has 0 saturated carbocycles. The summed E-state index contributed by atoms with van der Waals surface area (Å²) < 4.78 is 0. The standard InChI is InChI=1S/C18H20N2O3S/c21-17(22)15-13-10-6-1-2-7-11-14(13)24-16(15)20-18(23)19-12-8-4-3-5-9-12/h3-5,8-9H,1-2,6-7,10-11H2,(H,21,22)(H2,19,20,23). The van der Waals surface area contributed by atoms with Crippen LogP contribution in [0.4, 0.5) is 15.5 Å². The van der Waals surface area contributed by atoms with Crippen LogP contribution in [0.5, 0.6) is 0 Å². The summed E-state index contributed by atoms with van der Waals surface area (Å²) in [5.74, 6) is -0.969. The first-order valence-electron chi connectivity index (χ1n) is 8.16. The first-order valence-corrected chi connectivity index (χ1v) is 8.97. The number of carbonyl (C=O) groups excluding carboxylic acids is 1. The van der Waals surface area contributed by atoms with E-state index in [0.717, 1.165) is 42.5 Å². The van der Waals surface area contributed by atoms with Crippen LogP contribution >= 0.6 is 11.3 Å². The summed E-state index contributed by atoms with van der Waals surface area (Å²) >= 11 is 1.40. The monoisotopic (exact) mass is 344 g/mol. The number of thiophene rings is 1. The maximum atomic E-state index is 12.2. The third kappa shape index (κ3) is 3.76. The zero-order chi connectivity index (χ0) is 16.9. The molecule has 0 radical (unpaired) electrons. The zero-order valence-electron chi connectivity index (χ0n) is 13.3. The van der Waals surface area contributed by atoms with Crippen molar-refractivity contribution in [3.05, 3.63) is 46.3 Å². The number of fused-ring (bicyclic) bond motifs is 1. The molecule has 0 aliphatic heterocycles. The van der Waals surface area contributed by atoms with E-state index < -0.39 is 12.0 Å². The van der Waals surface area contributed by atoms with Crippen molar-refractivity contribution in [2.45, 2.75) is 38.5 Å². The number of hydrogen-bond acceptors (Lipinski definition) is 3. The number of aryl methyl sites for hydroxylation is 1. The minimum Gasteiger partial charge on any atom is -0.478 e. The summed E-state index contributed by atoms with van der Waals surface area (Å²) in [5.41, 5.74) is 1.84. The van der Waals surface area contributed by atoms with Crippen LogP contribution in [0.15, 0.2) is 30.3 Å². The Morgan fingerprint density at radius 2 is 1.67 bits per heavy atom. The smallest absolute Gasteiger partial charge is 0.339 e. The Morgan fingerprint density at radius 1 is 0.958 bits per heavy atom. The molecule has 0 bridgehead atoms. The molecule has 2 aromatic rings. The van der Waals surface area contributed by atoms with Gasteiger partial charge < -0.3 is 10.4 Å². The molecule has 0 spiro atoms. The molecule has 1 aliphatic carbocycles. The quantitative estimate of drug-likeness (QED) is 0.752. The molecule has 1 heterocycles. The van der Waals surface area contributed by atoms with E-state index in [-0.39, 0.29) is 5.56 Å². The van der Waals surface area contributed by atoms with Gasteiger partial charge in [0.1, 0.15) is 5.00 Å². The van der Waals surface area contributed by atoms with Gasteiger partial charge in [0.25, 0.3) is 0 Å². The highest BCUT2D eigenvalue weighted by atomic mass is 32.1. The van der Waals surface area contributed by atoms with Crippen LogP contribution in [-0.4, -0.2) is 17.1 Å². The van der Waals surface area contributed by atoms with E-state index in [4.69, 9.17) is 0 Å². The van der Waals surface area contributed by atoms with Crippen molar-refractivity contribution in [2.75, 3.05) is 10.6 Å². The zero-order valence-corrected chi connectivity index (χ0v) is 14.1. The van der Waals surface area contributed by atoms with Gasteiger partial charge in [0.05, 0.1) is 5.56 Å². The number of amides is 2. The maximum absolute atomic E-state index is 12.2.